The third kappa shape index (κ3) is 3.41. The predicted octanol–water partition coefficient (Wildman–Crippen LogP) is 3.44. The maximum absolute atomic E-state index is 9.87. The molecule has 0 radical (unpaired) electrons. The molecule has 1 aliphatic carbocycles. The van der Waals surface area contributed by atoms with Crippen LogP contribution in [0.25, 0.3) is 0 Å². The third-order valence-corrected chi connectivity index (χ3v) is 4.50. The van der Waals surface area contributed by atoms with E-state index >= 15 is 0 Å². The van der Waals surface area contributed by atoms with Gasteiger partial charge in [-0.25, -0.2) is 9.97 Å². The molecular weight excluding hydrogens is 274 g/mol. The molecule has 1 fully saturated rings. The number of hydrogen-bond donors (Lipinski definition) is 2. The number of aromatic nitrogens is 2. The molecule has 4 nitrogen and oxygen atoms in total. The van der Waals surface area contributed by atoms with E-state index in [0.29, 0.717) is 11.1 Å². The highest BCUT2D eigenvalue weighted by Gasteiger charge is 2.35. The molecule has 1 aliphatic rings. The van der Waals surface area contributed by atoms with Crippen LogP contribution in [0, 0.1) is 5.92 Å². The summed E-state index contributed by atoms with van der Waals surface area (Å²) in [6, 6.07) is 0. The summed E-state index contributed by atoms with van der Waals surface area (Å²) >= 11 is 6.19. The molecule has 0 spiro atoms. The number of nitrogens with zero attached hydrogens (tertiary/aromatic N) is 2. The number of nitrogens with one attached hydrogen (secondary N) is 1. The average molecular weight is 298 g/mol. The van der Waals surface area contributed by atoms with Crippen molar-refractivity contribution >= 4 is 17.4 Å². The van der Waals surface area contributed by atoms with Gasteiger partial charge >= 0.3 is 0 Å². The maximum Gasteiger partial charge on any atom is 0.137 e. The standard InChI is InChI=1S/C15H24ClN3O/c1-3-5-12-13(16)17-10-18-14(12)19-15(9-20)7-4-6-11(2)8-15/h10-11,20H,3-9H2,1-2H3,(H,17,18,19). The molecule has 2 N–H and O–H groups in total. The van der Waals surface area contributed by atoms with Gasteiger partial charge in [-0.15, -0.1) is 0 Å². The zero-order chi connectivity index (χ0) is 14.6. The molecule has 0 aromatic carbocycles. The molecule has 112 valence electrons. The van der Waals surface area contributed by atoms with E-state index in [0.717, 1.165) is 43.5 Å². The van der Waals surface area contributed by atoms with Crippen LogP contribution in [0.4, 0.5) is 5.82 Å². The Morgan fingerprint density at radius 1 is 1.50 bits per heavy atom. The van der Waals surface area contributed by atoms with Crippen LogP contribution in [-0.2, 0) is 6.42 Å². The van der Waals surface area contributed by atoms with Gasteiger partial charge in [0.1, 0.15) is 17.3 Å². The largest absolute Gasteiger partial charge is 0.394 e. The highest BCUT2D eigenvalue weighted by molar-refractivity contribution is 6.30. The van der Waals surface area contributed by atoms with Crippen molar-refractivity contribution in [1.29, 1.82) is 0 Å². The van der Waals surface area contributed by atoms with Crippen molar-refractivity contribution in [3.05, 3.63) is 17.0 Å². The first kappa shape index (κ1) is 15.5. The van der Waals surface area contributed by atoms with Crippen molar-refractivity contribution in [2.45, 2.75) is 57.9 Å². The first-order chi connectivity index (χ1) is 9.60. The summed E-state index contributed by atoms with van der Waals surface area (Å²) in [4.78, 5) is 8.42. The minimum Gasteiger partial charge on any atom is -0.394 e. The number of halogens is 1. The van der Waals surface area contributed by atoms with Crippen molar-refractivity contribution in [2.75, 3.05) is 11.9 Å². The molecule has 0 amide bonds. The second-order valence-electron chi connectivity index (χ2n) is 6.01. The van der Waals surface area contributed by atoms with Crippen molar-refractivity contribution in [1.82, 2.24) is 9.97 Å². The van der Waals surface area contributed by atoms with Gasteiger partial charge in [0.05, 0.1) is 12.1 Å². The lowest BCUT2D eigenvalue weighted by atomic mass is 9.76. The molecule has 0 aliphatic heterocycles. The topological polar surface area (TPSA) is 58.0 Å². The Labute approximate surface area is 126 Å². The molecule has 0 bridgehead atoms. The van der Waals surface area contributed by atoms with Crippen molar-refractivity contribution in [3.8, 4) is 0 Å². The Bertz CT molecular complexity index is 455. The van der Waals surface area contributed by atoms with Crippen LogP contribution < -0.4 is 5.32 Å². The minimum absolute atomic E-state index is 0.129. The summed E-state index contributed by atoms with van der Waals surface area (Å²) in [6.07, 6.45) is 7.63. The fourth-order valence-corrected chi connectivity index (χ4v) is 3.41. The van der Waals surface area contributed by atoms with Crippen molar-refractivity contribution < 1.29 is 5.11 Å². The van der Waals surface area contributed by atoms with Gasteiger partial charge < -0.3 is 10.4 Å². The van der Waals surface area contributed by atoms with E-state index in [-0.39, 0.29) is 12.1 Å². The number of aliphatic hydroxyl groups is 1. The minimum atomic E-state index is -0.266. The van der Waals surface area contributed by atoms with Gasteiger partial charge in [-0.1, -0.05) is 44.7 Å². The van der Waals surface area contributed by atoms with Crippen LogP contribution in [0.5, 0.6) is 0 Å². The molecule has 1 aromatic rings. The van der Waals surface area contributed by atoms with Gasteiger partial charge in [-0.2, -0.15) is 0 Å². The maximum atomic E-state index is 9.87. The van der Waals surface area contributed by atoms with Crippen LogP contribution in [0.15, 0.2) is 6.33 Å². The molecular formula is C15H24ClN3O. The molecule has 5 heteroatoms. The van der Waals surface area contributed by atoms with Gasteiger partial charge in [-0.05, 0) is 25.2 Å². The highest BCUT2D eigenvalue weighted by atomic mass is 35.5. The van der Waals surface area contributed by atoms with E-state index in [1.165, 1.54) is 12.7 Å². The Kier molecular flexibility index (Phi) is 5.22. The van der Waals surface area contributed by atoms with Crippen molar-refractivity contribution in [3.63, 3.8) is 0 Å². The molecule has 20 heavy (non-hydrogen) atoms. The quantitative estimate of drug-likeness (QED) is 0.818. The Morgan fingerprint density at radius 3 is 2.95 bits per heavy atom. The third-order valence-electron chi connectivity index (χ3n) is 4.17. The summed E-state index contributed by atoms with van der Waals surface area (Å²) < 4.78 is 0. The zero-order valence-corrected chi connectivity index (χ0v) is 13.1. The van der Waals surface area contributed by atoms with E-state index < -0.39 is 0 Å². The SMILES string of the molecule is CCCc1c(Cl)ncnc1NC1(CO)CCCC(C)C1. The number of rotatable bonds is 5. The van der Waals surface area contributed by atoms with Gasteiger partial charge in [0.25, 0.3) is 0 Å². The lowest BCUT2D eigenvalue weighted by Gasteiger charge is -2.40. The summed E-state index contributed by atoms with van der Waals surface area (Å²) in [5.41, 5.74) is 0.695. The Hall–Kier alpha value is -0.870. The molecule has 1 aromatic heterocycles. The van der Waals surface area contributed by atoms with Gasteiger partial charge in [0.2, 0.25) is 0 Å². The van der Waals surface area contributed by atoms with E-state index in [1.54, 1.807) is 0 Å². The fraction of sp³-hybridized carbons (Fsp3) is 0.733. The van der Waals surface area contributed by atoms with Crippen LogP contribution in [0.3, 0.4) is 0 Å². The Balaban J connectivity index is 2.25. The first-order valence-corrected chi connectivity index (χ1v) is 7.86. The van der Waals surface area contributed by atoms with Crippen LogP contribution in [0.2, 0.25) is 5.15 Å². The van der Waals surface area contributed by atoms with Crippen LogP contribution in [-0.4, -0.2) is 27.2 Å². The molecule has 0 saturated heterocycles. The predicted molar refractivity (Wildman–Crippen MR) is 82.1 cm³/mol. The van der Waals surface area contributed by atoms with Gasteiger partial charge in [-0.3, -0.25) is 0 Å². The summed E-state index contributed by atoms with van der Waals surface area (Å²) in [6.45, 7) is 4.48. The second-order valence-corrected chi connectivity index (χ2v) is 6.36. The molecule has 1 heterocycles. The van der Waals surface area contributed by atoms with E-state index in [9.17, 15) is 5.11 Å². The van der Waals surface area contributed by atoms with Gasteiger partial charge in [0, 0.05) is 5.56 Å². The highest BCUT2D eigenvalue weighted by Crippen LogP contribution is 2.35. The van der Waals surface area contributed by atoms with E-state index in [1.807, 2.05) is 0 Å². The van der Waals surface area contributed by atoms with Gasteiger partial charge in [0.15, 0.2) is 0 Å². The van der Waals surface area contributed by atoms with Crippen LogP contribution in [0.1, 0.15) is 51.5 Å². The van der Waals surface area contributed by atoms with Crippen molar-refractivity contribution in [2.24, 2.45) is 5.92 Å². The lowest BCUT2D eigenvalue weighted by Crippen LogP contribution is -2.46. The second kappa shape index (κ2) is 6.72. The number of aliphatic hydroxyl groups excluding tert-OH is 1. The average Bonchev–Trinajstić information content (AvgIpc) is 2.43. The van der Waals surface area contributed by atoms with E-state index in [2.05, 4.69) is 29.1 Å². The molecule has 1 saturated carbocycles. The molecule has 2 rings (SSSR count). The first-order valence-electron chi connectivity index (χ1n) is 7.48. The molecule has 2 unspecified atom stereocenters. The van der Waals surface area contributed by atoms with E-state index in [4.69, 9.17) is 11.6 Å². The summed E-state index contributed by atoms with van der Waals surface area (Å²) in [5.74, 6) is 1.41. The smallest absolute Gasteiger partial charge is 0.137 e. The number of hydrogen-bond acceptors (Lipinski definition) is 4. The normalized spacial score (nSPS) is 26.5. The Morgan fingerprint density at radius 2 is 2.30 bits per heavy atom. The molecule has 2 atom stereocenters. The number of anilines is 1. The summed E-state index contributed by atoms with van der Waals surface area (Å²) in [5, 5.41) is 13.9. The lowest BCUT2D eigenvalue weighted by molar-refractivity contribution is 0.149. The fourth-order valence-electron chi connectivity index (χ4n) is 3.18. The zero-order valence-electron chi connectivity index (χ0n) is 12.3. The summed E-state index contributed by atoms with van der Waals surface area (Å²) in [7, 11) is 0. The van der Waals surface area contributed by atoms with Crippen LogP contribution >= 0.6 is 11.6 Å². The monoisotopic (exact) mass is 297 g/mol.